The molecule has 0 saturated carbocycles. The minimum absolute atomic E-state index is 0.393. The lowest BCUT2D eigenvalue weighted by Gasteiger charge is -2.24. The summed E-state index contributed by atoms with van der Waals surface area (Å²) >= 11 is 0. The molecule has 0 spiro atoms. The van der Waals surface area contributed by atoms with Gasteiger partial charge in [0.15, 0.2) is 11.4 Å². The van der Waals surface area contributed by atoms with Crippen LogP contribution in [0.3, 0.4) is 0 Å². The number of fused-ring (bicyclic) bond motifs is 6. The summed E-state index contributed by atoms with van der Waals surface area (Å²) in [5, 5.41) is 8.25. The zero-order valence-corrected chi connectivity index (χ0v) is 30.3. The van der Waals surface area contributed by atoms with Gasteiger partial charge in [0.1, 0.15) is 17.6 Å². The standard InChI is InChI=1S/C51H34N4O/c1-4-15-33(16-5-1)36-21-14-22-37(29-36)50-52-49(35-19-8-3-9-20-35)53-51(54-50)38-27-28-41-40-23-10-12-25-44(40)55(45(41)31-38)46-32-39(34-17-6-2-7-18-34)30-43-42-24-11-13-26-47(42)56-48(43)46/h1-32,51H,(H,52,53,54). The average molecular weight is 719 g/mol. The third kappa shape index (κ3) is 5.40. The molecule has 3 heterocycles. The van der Waals surface area contributed by atoms with E-state index in [-0.39, 0.29) is 0 Å². The summed E-state index contributed by atoms with van der Waals surface area (Å²) in [7, 11) is 0. The van der Waals surface area contributed by atoms with Crippen molar-refractivity contribution in [2.24, 2.45) is 9.98 Å². The normalized spacial score (nSPS) is 14.2. The second-order valence-electron chi connectivity index (χ2n) is 14.2. The minimum atomic E-state index is -0.393. The summed E-state index contributed by atoms with van der Waals surface area (Å²) in [6, 6.07) is 68.0. The number of furan rings is 1. The van der Waals surface area contributed by atoms with E-state index in [4.69, 9.17) is 14.4 Å². The van der Waals surface area contributed by atoms with E-state index < -0.39 is 6.17 Å². The fraction of sp³-hybridized carbons (Fsp3) is 0.0196. The van der Waals surface area contributed by atoms with E-state index in [1.165, 1.54) is 5.39 Å². The van der Waals surface area contributed by atoms with E-state index in [0.717, 1.165) is 88.8 Å². The summed E-state index contributed by atoms with van der Waals surface area (Å²) in [6.45, 7) is 0. The molecule has 8 aromatic carbocycles. The van der Waals surface area contributed by atoms with Gasteiger partial charge in [-0.15, -0.1) is 0 Å². The van der Waals surface area contributed by atoms with Crippen molar-refractivity contribution in [3.05, 3.63) is 211 Å². The maximum absolute atomic E-state index is 6.74. The van der Waals surface area contributed by atoms with E-state index in [0.29, 0.717) is 5.84 Å². The highest BCUT2D eigenvalue weighted by atomic mass is 16.3. The number of nitrogens with one attached hydrogen (secondary N) is 1. The van der Waals surface area contributed by atoms with Gasteiger partial charge < -0.3 is 14.3 Å². The Morgan fingerprint density at radius 3 is 1.86 bits per heavy atom. The van der Waals surface area contributed by atoms with E-state index in [9.17, 15) is 0 Å². The van der Waals surface area contributed by atoms with Gasteiger partial charge >= 0.3 is 0 Å². The molecule has 56 heavy (non-hydrogen) atoms. The van der Waals surface area contributed by atoms with Crippen molar-refractivity contribution in [1.29, 1.82) is 0 Å². The number of aromatic nitrogens is 1. The van der Waals surface area contributed by atoms with Crippen LogP contribution in [0.2, 0.25) is 0 Å². The molecular formula is C51H34N4O. The molecule has 264 valence electrons. The molecule has 0 fully saturated rings. The lowest BCUT2D eigenvalue weighted by molar-refractivity contribution is 0.666. The van der Waals surface area contributed by atoms with Crippen molar-refractivity contribution >= 4 is 55.4 Å². The predicted molar refractivity (Wildman–Crippen MR) is 231 cm³/mol. The molecule has 0 saturated heterocycles. The Labute approximate surface area is 323 Å². The molecule has 0 bridgehead atoms. The summed E-state index contributed by atoms with van der Waals surface area (Å²) in [5.74, 6) is 1.47. The zero-order valence-electron chi connectivity index (χ0n) is 30.3. The van der Waals surface area contributed by atoms with Crippen molar-refractivity contribution in [2.45, 2.75) is 6.17 Å². The maximum Gasteiger partial charge on any atom is 0.159 e. The van der Waals surface area contributed by atoms with Crippen LogP contribution in [0.5, 0.6) is 0 Å². The minimum Gasteiger partial charge on any atom is -0.454 e. The van der Waals surface area contributed by atoms with Crippen LogP contribution in [0, 0.1) is 0 Å². The number of aliphatic imine (C=N–C) groups is 2. The highest BCUT2D eigenvalue weighted by molar-refractivity contribution is 6.15. The van der Waals surface area contributed by atoms with Crippen molar-refractivity contribution in [1.82, 2.24) is 9.88 Å². The Balaban J connectivity index is 1.11. The second-order valence-corrected chi connectivity index (χ2v) is 14.2. The van der Waals surface area contributed by atoms with Crippen LogP contribution < -0.4 is 5.32 Å². The van der Waals surface area contributed by atoms with E-state index >= 15 is 0 Å². The number of amidine groups is 2. The summed E-state index contributed by atoms with van der Waals surface area (Å²) in [4.78, 5) is 10.4. The molecule has 5 heteroatoms. The quantitative estimate of drug-likeness (QED) is 0.186. The molecule has 0 aliphatic carbocycles. The van der Waals surface area contributed by atoms with Gasteiger partial charge in [-0.1, -0.05) is 158 Å². The monoisotopic (exact) mass is 718 g/mol. The highest BCUT2D eigenvalue weighted by Crippen LogP contribution is 2.41. The van der Waals surface area contributed by atoms with Gasteiger partial charge in [0.05, 0.1) is 16.7 Å². The number of benzene rings is 8. The molecule has 11 rings (SSSR count). The topological polar surface area (TPSA) is 54.8 Å². The van der Waals surface area contributed by atoms with E-state index in [1.54, 1.807) is 0 Å². The molecule has 5 nitrogen and oxygen atoms in total. The van der Waals surface area contributed by atoms with Crippen LogP contribution in [-0.2, 0) is 0 Å². The summed E-state index contributed by atoms with van der Waals surface area (Å²) < 4.78 is 9.11. The van der Waals surface area contributed by atoms with Crippen LogP contribution in [0.15, 0.2) is 209 Å². The molecule has 0 radical (unpaired) electrons. The van der Waals surface area contributed by atoms with E-state index in [2.05, 4.69) is 174 Å². The highest BCUT2D eigenvalue weighted by Gasteiger charge is 2.24. The van der Waals surface area contributed by atoms with Gasteiger partial charge in [-0.25, -0.2) is 9.98 Å². The van der Waals surface area contributed by atoms with Gasteiger partial charge in [-0.2, -0.15) is 0 Å². The first kappa shape index (κ1) is 32.0. The molecule has 1 aliphatic rings. The van der Waals surface area contributed by atoms with Crippen LogP contribution >= 0.6 is 0 Å². The average Bonchev–Trinajstić information content (AvgIpc) is 3.82. The Morgan fingerprint density at radius 1 is 0.446 bits per heavy atom. The maximum atomic E-state index is 6.74. The largest absolute Gasteiger partial charge is 0.454 e. The Morgan fingerprint density at radius 2 is 1.07 bits per heavy atom. The SMILES string of the molecule is c1ccc(C2=NC(c3ccc4c5ccccc5n(-c5cc(-c6ccccc6)cc6c5oc5ccccc56)c4c3)NC(c3cccc(-c4ccccc4)c3)=N2)cc1. The fourth-order valence-electron chi connectivity index (χ4n) is 8.15. The van der Waals surface area contributed by atoms with Crippen LogP contribution in [0.4, 0.5) is 0 Å². The Bertz CT molecular complexity index is 3160. The van der Waals surface area contributed by atoms with Gasteiger partial charge in [0, 0.05) is 32.7 Å². The third-order valence-corrected chi connectivity index (χ3v) is 10.8. The van der Waals surface area contributed by atoms with Gasteiger partial charge in [0.25, 0.3) is 0 Å². The lowest BCUT2D eigenvalue weighted by Crippen LogP contribution is -2.33. The number of nitrogens with zero attached hydrogens (tertiary/aromatic N) is 3. The summed E-state index contributed by atoms with van der Waals surface area (Å²) in [6.07, 6.45) is -0.393. The van der Waals surface area contributed by atoms with Gasteiger partial charge in [-0.05, 0) is 64.2 Å². The molecular weight excluding hydrogens is 685 g/mol. The third-order valence-electron chi connectivity index (χ3n) is 10.8. The first-order valence-corrected chi connectivity index (χ1v) is 18.9. The molecule has 1 unspecified atom stereocenters. The molecule has 10 aromatic rings. The first-order chi connectivity index (χ1) is 27.7. The summed E-state index contributed by atoms with van der Waals surface area (Å²) in [5.41, 5.74) is 12.5. The van der Waals surface area contributed by atoms with Gasteiger partial charge in [0.2, 0.25) is 0 Å². The van der Waals surface area contributed by atoms with Crippen LogP contribution in [-0.4, -0.2) is 16.2 Å². The van der Waals surface area contributed by atoms with Crippen LogP contribution in [0.25, 0.3) is 71.7 Å². The van der Waals surface area contributed by atoms with E-state index in [1.807, 2.05) is 30.3 Å². The second kappa shape index (κ2) is 13.1. The van der Waals surface area contributed by atoms with Crippen molar-refractivity contribution in [2.75, 3.05) is 0 Å². The number of rotatable bonds is 6. The Kier molecular flexibility index (Phi) is 7.49. The number of hydrogen-bond donors (Lipinski definition) is 1. The van der Waals surface area contributed by atoms with Crippen LogP contribution in [0.1, 0.15) is 22.9 Å². The zero-order chi connectivity index (χ0) is 37.0. The number of para-hydroxylation sites is 2. The Hall–Kier alpha value is -7.50. The number of hydrogen-bond acceptors (Lipinski definition) is 4. The molecule has 1 N–H and O–H groups in total. The molecule has 1 aliphatic heterocycles. The van der Waals surface area contributed by atoms with Crippen molar-refractivity contribution < 1.29 is 4.42 Å². The van der Waals surface area contributed by atoms with Crippen molar-refractivity contribution in [3.8, 4) is 27.9 Å². The smallest absolute Gasteiger partial charge is 0.159 e. The first-order valence-electron chi connectivity index (χ1n) is 18.9. The lowest BCUT2D eigenvalue weighted by atomic mass is 10.0. The van der Waals surface area contributed by atoms with Gasteiger partial charge in [-0.3, -0.25) is 0 Å². The fourth-order valence-corrected chi connectivity index (χ4v) is 8.15. The van der Waals surface area contributed by atoms with Crippen molar-refractivity contribution in [3.63, 3.8) is 0 Å². The predicted octanol–water partition coefficient (Wildman–Crippen LogP) is 12.5. The molecule has 1 atom stereocenters. The molecule has 0 amide bonds. The molecule has 2 aromatic heterocycles.